The number of hydrogen-bond donors (Lipinski definition) is 1. The number of hydrogen-bond acceptors (Lipinski definition) is 5. The van der Waals surface area contributed by atoms with Gasteiger partial charge in [0.2, 0.25) is 5.91 Å². The Labute approximate surface area is 204 Å². The molecule has 178 valence electrons. The summed E-state index contributed by atoms with van der Waals surface area (Å²) in [7, 11) is 0. The third kappa shape index (κ3) is 4.93. The second kappa shape index (κ2) is 10.1. The van der Waals surface area contributed by atoms with Crippen molar-refractivity contribution < 1.29 is 9.59 Å². The predicted molar refractivity (Wildman–Crippen MR) is 136 cm³/mol. The van der Waals surface area contributed by atoms with Gasteiger partial charge in [-0.25, -0.2) is 9.78 Å². The van der Waals surface area contributed by atoms with Crippen LogP contribution in [0.1, 0.15) is 30.8 Å². The minimum Gasteiger partial charge on any atom is -0.340 e. The third-order valence-electron chi connectivity index (χ3n) is 7.00. The summed E-state index contributed by atoms with van der Waals surface area (Å²) in [4.78, 5) is 36.8. The van der Waals surface area contributed by atoms with E-state index in [1.807, 2.05) is 46.2 Å². The molecule has 2 saturated heterocycles. The summed E-state index contributed by atoms with van der Waals surface area (Å²) >= 11 is 1.76. The highest BCUT2D eigenvalue weighted by Gasteiger charge is 2.33. The number of piperidine rings is 1. The average Bonchev–Trinajstić information content (AvgIpc) is 3.33. The van der Waals surface area contributed by atoms with Crippen molar-refractivity contribution in [3.05, 3.63) is 59.6 Å². The molecule has 1 atom stereocenters. The first-order valence-electron chi connectivity index (χ1n) is 12.1. The summed E-state index contributed by atoms with van der Waals surface area (Å²) in [5.41, 5.74) is 1.86. The molecule has 0 bridgehead atoms. The van der Waals surface area contributed by atoms with E-state index in [1.54, 1.807) is 11.3 Å². The maximum absolute atomic E-state index is 13.2. The van der Waals surface area contributed by atoms with Gasteiger partial charge in [0.05, 0.1) is 16.3 Å². The number of anilines is 1. The van der Waals surface area contributed by atoms with Crippen molar-refractivity contribution in [2.24, 2.45) is 5.92 Å². The van der Waals surface area contributed by atoms with Crippen LogP contribution >= 0.6 is 11.3 Å². The van der Waals surface area contributed by atoms with Crippen LogP contribution in [0.2, 0.25) is 0 Å². The van der Waals surface area contributed by atoms with Crippen LogP contribution in [-0.4, -0.2) is 70.9 Å². The SMILES string of the molecule is C[C@@H](c1nc2ccccc2s1)N1CCN(C(=O)C2CCN(C(=O)Nc3ccccc3)CC2)CC1. The number of rotatable bonds is 4. The Hall–Kier alpha value is -2.97. The summed E-state index contributed by atoms with van der Waals surface area (Å²) in [6.45, 7) is 6.67. The number of carbonyl (C=O) groups excluding carboxylic acids is 2. The Balaban J connectivity index is 1.09. The Bertz CT molecular complexity index is 1100. The number of nitrogens with zero attached hydrogens (tertiary/aromatic N) is 4. The number of urea groups is 1. The number of likely N-dealkylation sites (tertiary alicyclic amines) is 1. The molecule has 0 saturated carbocycles. The number of para-hydroxylation sites is 2. The number of fused-ring (bicyclic) bond motifs is 1. The molecule has 34 heavy (non-hydrogen) atoms. The van der Waals surface area contributed by atoms with Crippen molar-refractivity contribution in [2.75, 3.05) is 44.6 Å². The molecule has 2 aliphatic rings. The zero-order valence-electron chi connectivity index (χ0n) is 19.5. The predicted octanol–water partition coefficient (Wildman–Crippen LogP) is 4.45. The molecule has 3 amide bonds. The Kier molecular flexibility index (Phi) is 6.78. The molecule has 2 aliphatic heterocycles. The van der Waals surface area contributed by atoms with Crippen LogP contribution in [-0.2, 0) is 4.79 Å². The van der Waals surface area contributed by atoms with E-state index < -0.39 is 0 Å². The second-order valence-electron chi connectivity index (χ2n) is 9.11. The molecule has 0 spiro atoms. The molecule has 0 aliphatic carbocycles. The zero-order chi connectivity index (χ0) is 23.5. The van der Waals surface area contributed by atoms with Gasteiger partial charge in [0.1, 0.15) is 5.01 Å². The first-order valence-corrected chi connectivity index (χ1v) is 12.9. The summed E-state index contributed by atoms with van der Waals surface area (Å²) in [5.74, 6) is 0.254. The molecule has 3 aromatic rings. The van der Waals surface area contributed by atoms with E-state index in [9.17, 15) is 9.59 Å². The molecule has 3 heterocycles. The van der Waals surface area contributed by atoms with Crippen molar-refractivity contribution in [1.29, 1.82) is 0 Å². The zero-order valence-corrected chi connectivity index (χ0v) is 20.3. The first kappa shape index (κ1) is 22.8. The highest BCUT2D eigenvalue weighted by Crippen LogP contribution is 2.30. The normalized spacial score (nSPS) is 18.7. The molecule has 0 unspecified atom stereocenters. The molecular weight excluding hydrogens is 446 g/mol. The Morgan fingerprint density at radius 2 is 1.59 bits per heavy atom. The van der Waals surface area contributed by atoms with Crippen LogP contribution in [0.4, 0.5) is 10.5 Å². The maximum atomic E-state index is 13.2. The lowest BCUT2D eigenvalue weighted by Gasteiger charge is -2.40. The van der Waals surface area contributed by atoms with E-state index in [2.05, 4.69) is 35.3 Å². The highest BCUT2D eigenvalue weighted by molar-refractivity contribution is 7.18. The lowest BCUT2D eigenvalue weighted by atomic mass is 9.95. The van der Waals surface area contributed by atoms with Gasteiger partial charge in [-0.3, -0.25) is 9.69 Å². The number of nitrogens with one attached hydrogen (secondary N) is 1. The van der Waals surface area contributed by atoms with Crippen molar-refractivity contribution in [3.8, 4) is 0 Å². The van der Waals surface area contributed by atoms with E-state index in [1.165, 1.54) is 4.70 Å². The summed E-state index contributed by atoms with van der Waals surface area (Å²) < 4.78 is 1.22. The molecule has 2 fully saturated rings. The summed E-state index contributed by atoms with van der Waals surface area (Å²) in [6, 6.07) is 17.9. The van der Waals surface area contributed by atoms with Gasteiger partial charge in [-0.05, 0) is 44.0 Å². The van der Waals surface area contributed by atoms with Gasteiger partial charge in [0.15, 0.2) is 0 Å². The summed E-state index contributed by atoms with van der Waals surface area (Å²) in [6.07, 6.45) is 1.45. The smallest absolute Gasteiger partial charge is 0.321 e. The molecule has 5 rings (SSSR count). The van der Waals surface area contributed by atoms with Crippen LogP contribution in [0, 0.1) is 5.92 Å². The topological polar surface area (TPSA) is 68.8 Å². The highest BCUT2D eigenvalue weighted by atomic mass is 32.1. The quantitative estimate of drug-likeness (QED) is 0.603. The molecule has 1 N–H and O–H groups in total. The van der Waals surface area contributed by atoms with Crippen LogP contribution < -0.4 is 5.32 Å². The van der Waals surface area contributed by atoms with Gasteiger partial charge in [-0.1, -0.05) is 30.3 Å². The van der Waals surface area contributed by atoms with Crippen molar-refractivity contribution in [1.82, 2.24) is 19.7 Å². The van der Waals surface area contributed by atoms with Crippen LogP contribution in [0.3, 0.4) is 0 Å². The lowest BCUT2D eigenvalue weighted by Crippen LogP contribution is -2.52. The van der Waals surface area contributed by atoms with Gasteiger partial charge in [-0.15, -0.1) is 11.3 Å². The second-order valence-corrected chi connectivity index (χ2v) is 10.2. The van der Waals surface area contributed by atoms with E-state index >= 15 is 0 Å². The fourth-order valence-electron chi connectivity index (χ4n) is 4.87. The summed E-state index contributed by atoms with van der Waals surface area (Å²) in [5, 5.41) is 4.08. The number of benzene rings is 2. The monoisotopic (exact) mass is 477 g/mol. The van der Waals surface area contributed by atoms with E-state index in [-0.39, 0.29) is 23.9 Å². The molecule has 7 nitrogen and oxygen atoms in total. The molecule has 2 aromatic carbocycles. The lowest BCUT2D eigenvalue weighted by molar-refractivity contribution is -0.139. The van der Waals surface area contributed by atoms with Gasteiger partial charge < -0.3 is 15.1 Å². The Morgan fingerprint density at radius 3 is 2.29 bits per heavy atom. The first-order chi connectivity index (χ1) is 16.6. The largest absolute Gasteiger partial charge is 0.340 e. The molecular formula is C26H31N5O2S. The number of piperazine rings is 1. The van der Waals surface area contributed by atoms with Crippen LogP contribution in [0.5, 0.6) is 0 Å². The maximum Gasteiger partial charge on any atom is 0.321 e. The molecule has 8 heteroatoms. The van der Waals surface area contributed by atoms with Crippen molar-refractivity contribution in [3.63, 3.8) is 0 Å². The van der Waals surface area contributed by atoms with Crippen LogP contribution in [0.25, 0.3) is 10.2 Å². The molecule has 0 radical (unpaired) electrons. The Morgan fingerprint density at radius 1 is 0.912 bits per heavy atom. The van der Waals surface area contributed by atoms with Gasteiger partial charge >= 0.3 is 6.03 Å². The standard InChI is InChI=1S/C26H31N5O2S/c1-19(24-28-22-9-5-6-10-23(22)34-24)29-15-17-30(18-16-29)25(32)20-11-13-31(14-12-20)26(33)27-21-7-3-2-4-8-21/h2-10,19-20H,11-18H2,1H3,(H,27,33)/t19-/m0/s1. The third-order valence-corrected chi connectivity index (χ3v) is 8.20. The van der Waals surface area contributed by atoms with Gasteiger partial charge in [-0.2, -0.15) is 0 Å². The van der Waals surface area contributed by atoms with Crippen LogP contribution in [0.15, 0.2) is 54.6 Å². The van der Waals surface area contributed by atoms with E-state index in [0.29, 0.717) is 13.1 Å². The number of aromatic nitrogens is 1. The van der Waals surface area contributed by atoms with Crippen molar-refractivity contribution in [2.45, 2.75) is 25.8 Å². The van der Waals surface area contributed by atoms with Gasteiger partial charge in [0, 0.05) is 50.9 Å². The number of thiazole rings is 1. The van der Waals surface area contributed by atoms with Gasteiger partial charge in [0.25, 0.3) is 0 Å². The van der Waals surface area contributed by atoms with E-state index in [0.717, 1.165) is 55.2 Å². The number of carbonyl (C=O) groups is 2. The minimum atomic E-state index is -0.0884. The van der Waals surface area contributed by atoms with E-state index in [4.69, 9.17) is 4.98 Å². The van der Waals surface area contributed by atoms with Crippen molar-refractivity contribution >= 4 is 39.2 Å². The molecule has 1 aromatic heterocycles. The fourth-order valence-corrected chi connectivity index (χ4v) is 5.92. The number of amides is 3. The minimum absolute atomic E-state index is 0.00834. The average molecular weight is 478 g/mol. The fraction of sp³-hybridized carbons (Fsp3) is 0.423.